The second-order valence-electron chi connectivity index (χ2n) is 14.2. The molecule has 0 saturated carbocycles. The monoisotopic (exact) mass is 717 g/mol. The smallest absolute Gasteiger partial charge is 0.00588 e. The Balaban J connectivity index is 0.00000462. The van der Waals surface area contributed by atoms with Gasteiger partial charge in [0.1, 0.15) is 0 Å². The fourth-order valence-electron chi connectivity index (χ4n) is 7.43. The van der Waals surface area contributed by atoms with Crippen molar-refractivity contribution < 1.29 is 25.8 Å². The Labute approximate surface area is 271 Å². The summed E-state index contributed by atoms with van der Waals surface area (Å²) in [6.45, 7) is 28.6. The van der Waals surface area contributed by atoms with Crippen molar-refractivity contribution in [3.8, 4) is 0 Å². The van der Waals surface area contributed by atoms with Crippen molar-refractivity contribution in [3.63, 3.8) is 0 Å². The van der Waals surface area contributed by atoms with Gasteiger partial charge in [-0.2, -0.15) is 6.07 Å². The molecule has 3 aromatic rings. The number of allylic oxidation sites excluding steroid dienone is 1. The molecule has 0 bridgehead atoms. The molecule has 0 radical (unpaired) electrons. The van der Waals surface area contributed by atoms with Gasteiger partial charge in [0, 0.05) is 31.8 Å². The van der Waals surface area contributed by atoms with Gasteiger partial charge in [-0.3, -0.25) is 0 Å². The summed E-state index contributed by atoms with van der Waals surface area (Å²) in [5.74, 6) is 3.86. The molecule has 0 nitrogen and oxygen atoms in total. The van der Waals surface area contributed by atoms with Gasteiger partial charge in [-0.25, -0.2) is 0 Å². The van der Waals surface area contributed by atoms with Crippen LogP contribution in [0.25, 0.3) is 16.8 Å². The van der Waals surface area contributed by atoms with Crippen LogP contribution in [-0.2, 0) is 32.3 Å². The predicted molar refractivity (Wildman–Crippen MR) is 180 cm³/mol. The summed E-state index contributed by atoms with van der Waals surface area (Å²) in [6, 6.07) is 12.4. The van der Waals surface area contributed by atoms with Crippen LogP contribution in [0.15, 0.2) is 35.9 Å². The third-order valence-corrected chi connectivity index (χ3v) is 10.2. The van der Waals surface area contributed by atoms with Crippen LogP contribution in [0.3, 0.4) is 0 Å². The van der Waals surface area contributed by atoms with E-state index in [1.807, 2.05) is 0 Å². The number of fused-ring (bicyclic) bond motifs is 2. The molecule has 3 atom stereocenters. The molecule has 41 heavy (non-hydrogen) atoms. The average molecular weight is 716 g/mol. The Bertz CT molecular complexity index is 1360. The first-order chi connectivity index (χ1) is 18.9. The maximum absolute atomic E-state index is 2.63. The summed E-state index contributed by atoms with van der Waals surface area (Å²) in [4.78, 5) is 0. The number of benzene rings is 2. The second kappa shape index (κ2) is 14.0. The summed E-state index contributed by atoms with van der Waals surface area (Å²) in [5.41, 5.74) is 14.3. The number of hydrogen-bond acceptors (Lipinski definition) is 0. The van der Waals surface area contributed by atoms with Gasteiger partial charge in [-0.05, 0) is 64.7 Å². The van der Waals surface area contributed by atoms with E-state index in [0.29, 0.717) is 41.4 Å². The van der Waals surface area contributed by atoms with Crippen molar-refractivity contribution in [2.45, 2.75) is 144 Å². The molecule has 3 unspecified atom stereocenters. The van der Waals surface area contributed by atoms with E-state index >= 15 is 0 Å². The van der Waals surface area contributed by atoms with E-state index in [4.69, 9.17) is 0 Å². The normalized spacial score (nSPS) is 16.6. The summed E-state index contributed by atoms with van der Waals surface area (Å²) in [5, 5.41) is 3.12. The van der Waals surface area contributed by atoms with Crippen molar-refractivity contribution >= 4 is 16.8 Å². The fourth-order valence-corrected chi connectivity index (χ4v) is 7.43. The summed E-state index contributed by atoms with van der Waals surface area (Å²) in [6.07, 6.45) is 7.39. The number of hydrogen-bond donors (Lipinski definition) is 0. The van der Waals surface area contributed by atoms with Gasteiger partial charge in [0.2, 0.25) is 0 Å². The third-order valence-electron chi connectivity index (χ3n) is 10.2. The molecule has 0 N–H and O–H groups in total. The minimum atomic E-state index is 0. The quantitative estimate of drug-likeness (QED) is 0.137. The Morgan fingerprint density at radius 3 is 1.71 bits per heavy atom. The molecular formula is C40H57Hf-. The van der Waals surface area contributed by atoms with Crippen LogP contribution in [0.1, 0.15) is 182 Å². The maximum atomic E-state index is 2.63. The minimum Gasteiger partial charge on any atom is -0.164 e. The van der Waals surface area contributed by atoms with Crippen molar-refractivity contribution in [2.24, 2.45) is 5.92 Å². The molecule has 0 saturated heterocycles. The molecule has 1 heteroatoms. The Kier molecular flexibility index (Phi) is 11.6. The van der Waals surface area contributed by atoms with Gasteiger partial charge < -0.3 is 0 Å². The molecule has 0 fully saturated rings. The van der Waals surface area contributed by atoms with Crippen molar-refractivity contribution in [3.05, 3.63) is 80.4 Å². The van der Waals surface area contributed by atoms with E-state index < -0.39 is 0 Å². The average Bonchev–Trinajstić information content (AvgIpc) is 3.48. The van der Waals surface area contributed by atoms with Gasteiger partial charge >= 0.3 is 0 Å². The Morgan fingerprint density at radius 2 is 1.17 bits per heavy atom. The van der Waals surface area contributed by atoms with Crippen LogP contribution >= 0.6 is 0 Å². The molecule has 3 aromatic carbocycles. The maximum Gasteiger partial charge on any atom is 0.00588 e. The molecule has 222 valence electrons. The third kappa shape index (κ3) is 6.46. The van der Waals surface area contributed by atoms with Crippen LogP contribution in [0.2, 0.25) is 0 Å². The van der Waals surface area contributed by atoms with Crippen molar-refractivity contribution in [1.82, 2.24) is 0 Å². The Hall–Kier alpha value is -1.34. The molecule has 0 spiro atoms. The molecule has 0 aromatic heterocycles. The molecule has 4 rings (SSSR count). The largest absolute Gasteiger partial charge is 0.164 e. The minimum absolute atomic E-state index is 0. The zero-order valence-corrected chi connectivity index (χ0v) is 31.9. The van der Waals surface area contributed by atoms with Crippen LogP contribution < -0.4 is 0 Å². The zero-order chi connectivity index (χ0) is 29.5. The second-order valence-corrected chi connectivity index (χ2v) is 14.2. The zero-order valence-electron chi connectivity index (χ0n) is 28.3. The Morgan fingerprint density at radius 1 is 0.659 bits per heavy atom. The van der Waals surface area contributed by atoms with Crippen LogP contribution in [0.5, 0.6) is 0 Å². The fraction of sp³-hybridized carbons (Fsp3) is 0.575. The molecule has 1 aliphatic carbocycles. The van der Waals surface area contributed by atoms with E-state index in [-0.39, 0.29) is 25.8 Å². The SMILES string of the molecule is CCC(C)C1=Cc2c(C(C)C)ccc(C(C)C)c2C1CC[c-]1c(C(C)CC)cc2c(C(C)C)ccc(C(C)C)c21.[Hf]. The number of aryl methyl sites for hydroxylation is 1. The van der Waals surface area contributed by atoms with Gasteiger partial charge in [0.25, 0.3) is 0 Å². The van der Waals surface area contributed by atoms with Gasteiger partial charge in [-0.15, -0.1) is 33.5 Å². The van der Waals surface area contributed by atoms with E-state index in [0.717, 1.165) is 6.42 Å². The molecule has 1 aliphatic rings. The molecule has 0 aliphatic heterocycles. The molecular weight excluding hydrogens is 659 g/mol. The van der Waals surface area contributed by atoms with Crippen molar-refractivity contribution in [1.29, 1.82) is 0 Å². The standard InChI is InChI=1S/C40H57.Hf/c1-13-27(11)35-21-37-29(23(3)4)15-17-31(25(7)8)39(37)33(35)19-20-34-36(28(12)14-2)22-38-30(24(5)6)16-18-32(26(9)10)40(34)38;/h15-18,21-28,33H,13-14,19-20H2,1-12H3;/q-1;. The summed E-state index contributed by atoms with van der Waals surface area (Å²) < 4.78 is 0. The van der Waals surface area contributed by atoms with E-state index in [1.54, 1.807) is 44.3 Å². The van der Waals surface area contributed by atoms with Crippen LogP contribution in [0.4, 0.5) is 0 Å². The first kappa shape index (κ1) is 34.2. The van der Waals surface area contributed by atoms with Crippen LogP contribution in [0, 0.1) is 5.92 Å². The summed E-state index contributed by atoms with van der Waals surface area (Å²) in [7, 11) is 0. The first-order valence-electron chi connectivity index (χ1n) is 16.6. The van der Waals surface area contributed by atoms with Gasteiger partial charge in [0.05, 0.1) is 0 Å². The van der Waals surface area contributed by atoms with Gasteiger partial charge in [0.15, 0.2) is 0 Å². The molecule has 0 amide bonds. The van der Waals surface area contributed by atoms with E-state index in [2.05, 4.69) is 119 Å². The first-order valence-corrected chi connectivity index (χ1v) is 16.6. The van der Waals surface area contributed by atoms with E-state index in [1.165, 1.54) is 35.8 Å². The van der Waals surface area contributed by atoms with E-state index in [9.17, 15) is 0 Å². The van der Waals surface area contributed by atoms with Crippen molar-refractivity contribution in [2.75, 3.05) is 0 Å². The van der Waals surface area contributed by atoms with Gasteiger partial charge in [-0.1, -0.05) is 137 Å². The van der Waals surface area contributed by atoms with Crippen LogP contribution in [-0.4, -0.2) is 0 Å². The molecule has 0 heterocycles. The number of rotatable bonds is 11. The predicted octanol–water partition coefficient (Wildman–Crippen LogP) is 12.7. The topological polar surface area (TPSA) is 0 Å². The summed E-state index contributed by atoms with van der Waals surface area (Å²) >= 11 is 0.